The minimum absolute atomic E-state index is 0.151. The molecule has 0 aliphatic heterocycles. The lowest BCUT2D eigenvalue weighted by atomic mass is 10.4. The molecule has 2 N–H and O–H groups in total. The molecule has 18 heavy (non-hydrogen) atoms. The van der Waals surface area contributed by atoms with Gasteiger partial charge in [-0.25, -0.2) is 18.1 Å². The number of thiophene rings is 1. The normalized spacial score (nSPS) is 13.7. The maximum atomic E-state index is 12.1. The molecule has 5 nitrogen and oxygen atoms in total. The molecule has 2 heterocycles. The molecule has 2 rings (SSSR count). The lowest BCUT2D eigenvalue weighted by Crippen LogP contribution is -2.26. The van der Waals surface area contributed by atoms with Crippen molar-refractivity contribution in [3.05, 3.63) is 33.6 Å². The van der Waals surface area contributed by atoms with Crippen LogP contribution in [-0.4, -0.2) is 18.5 Å². The molecule has 2 aromatic rings. The Bertz CT molecular complexity index is 604. The van der Waals surface area contributed by atoms with Crippen LogP contribution in [0.4, 0.5) is 0 Å². The van der Waals surface area contributed by atoms with Crippen molar-refractivity contribution in [3.63, 3.8) is 0 Å². The summed E-state index contributed by atoms with van der Waals surface area (Å²) < 4.78 is 26.9. The summed E-state index contributed by atoms with van der Waals surface area (Å²) >= 11 is 2.46. The molecule has 0 saturated carbocycles. The zero-order valence-electron chi connectivity index (χ0n) is 9.53. The van der Waals surface area contributed by atoms with Crippen molar-refractivity contribution in [1.82, 2.24) is 9.71 Å². The zero-order valence-corrected chi connectivity index (χ0v) is 12.0. The lowest BCUT2D eigenvalue weighted by Gasteiger charge is -2.10. The molecule has 0 aliphatic rings. The van der Waals surface area contributed by atoms with Crippen molar-refractivity contribution in [3.8, 4) is 0 Å². The monoisotopic (exact) mass is 304 g/mol. The molecule has 0 spiro atoms. The average Bonchev–Trinajstić information content (AvgIpc) is 3.00. The molecule has 1 atom stereocenters. The summed E-state index contributed by atoms with van der Waals surface area (Å²) in [6.45, 7) is 1.60. The number of aliphatic hydroxyl groups excluding tert-OH is 1. The highest BCUT2D eigenvalue weighted by molar-refractivity contribution is 7.91. The minimum atomic E-state index is -3.55. The molecule has 2 aromatic heterocycles. The first-order valence-corrected chi connectivity index (χ1v) is 8.32. The molecule has 98 valence electrons. The average molecular weight is 304 g/mol. The van der Waals surface area contributed by atoms with Crippen LogP contribution in [0.25, 0.3) is 0 Å². The standard InChI is InChI=1S/C10H12N2O3S3/c1-7(10-11-4-5-16-10)12-18(14,15)9-3-2-8(6-13)17-9/h2-5,7,12-13H,6H2,1H3. The highest BCUT2D eigenvalue weighted by atomic mass is 32.2. The summed E-state index contributed by atoms with van der Waals surface area (Å²) in [5.41, 5.74) is 0. The number of hydrogen-bond acceptors (Lipinski definition) is 6. The van der Waals surface area contributed by atoms with E-state index < -0.39 is 10.0 Å². The summed E-state index contributed by atoms with van der Waals surface area (Å²) in [7, 11) is -3.55. The summed E-state index contributed by atoms with van der Waals surface area (Å²) in [6.07, 6.45) is 1.64. The Morgan fingerprint density at radius 3 is 2.83 bits per heavy atom. The van der Waals surface area contributed by atoms with Crippen LogP contribution in [0.5, 0.6) is 0 Å². The van der Waals surface area contributed by atoms with E-state index in [-0.39, 0.29) is 16.9 Å². The van der Waals surface area contributed by atoms with E-state index in [2.05, 4.69) is 9.71 Å². The number of aliphatic hydroxyl groups is 1. The van der Waals surface area contributed by atoms with Gasteiger partial charge in [0.2, 0.25) is 0 Å². The Kier molecular flexibility index (Phi) is 4.13. The second-order valence-electron chi connectivity index (χ2n) is 3.59. The molecular weight excluding hydrogens is 292 g/mol. The number of nitrogens with zero attached hydrogens (tertiary/aromatic N) is 1. The Hall–Kier alpha value is -0.800. The van der Waals surface area contributed by atoms with Crippen LogP contribution in [0.2, 0.25) is 0 Å². The van der Waals surface area contributed by atoms with E-state index in [0.29, 0.717) is 4.88 Å². The fourth-order valence-electron chi connectivity index (χ4n) is 1.38. The van der Waals surface area contributed by atoms with Crippen molar-refractivity contribution < 1.29 is 13.5 Å². The Balaban J connectivity index is 2.17. The van der Waals surface area contributed by atoms with Crippen molar-refractivity contribution in [1.29, 1.82) is 0 Å². The van der Waals surface area contributed by atoms with Crippen LogP contribution in [0.1, 0.15) is 22.9 Å². The smallest absolute Gasteiger partial charge is 0.250 e. The summed E-state index contributed by atoms with van der Waals surface area (Å²) in [5, 5.41) is 11.5. The topological polar surface area (TPSA) is 79.3 Å². The van der Waals surface area contributed by atoms with Gasteiger partial charge in [-0.1, -0.05) is 0 Å². The van der Waals surface area contributed by atoms with E-state index in [1.165, 1.54) is 17.4 Å². The largest absolute Gasteiger partial charge is 0.391 e. The van der Waals surface area contributed by atoms with Crippen molar-refractivity contribution in [2.24, 2.45) is 0 Å². The summed E-state index contributed by atoms with van der Waals surface area (Å²) in [6, 6.07) is 2.73. The maximum Gasteiger partial charge on any atom is 0.250 e. The lowest BCUT2D eigenvalue weighted by molar-refractivity contribution is 0.285. The third kappa shape index (κ3) is 2.96. The SMILES string of the molecule is CC(NS(=O)(=O)c1ccc(CO)s1)c1nccs1. The van der Waals surface area contributed by atoms with Crippen molar-refractivity contribution >= 4 is 32.7 Å². The van der Waals surface area contributed by atoms with Crippen LogP contribution in [0.15, 0.2) is 27.9 Å². The highest BCUT2D eigenvalue weighted by Gasteiger charge is 2.21. The van der Waals surface area contributed by atoms with E-state index in [4.69, 9.17) is 5.11 Å². The van der Waals surface area contributed by atoms with Gasteiger partial charge in [-0.2, -0.15) is 0 Å². The van der Waals surface area contributed by atoms with Gasteiger partial charge in [-0.05, 0) is 19.1 Å². The number of sulfonamides is 1. The second kappa shape index (κ2) is 5.45. The second-order valence-corrected chi connectivity index (χ2v) is 7.63. The summed E-state index contributed by atoms with van der Waals surface area (Å²) in [5.74, 6) is 0. The highest BCUT2D eigenvalue weighted by Crippen LogP contribution is 2.24. The van der Waals surface area contributed by atoms with Gasteiger partial charge in [0, 0.05) is 16.5 Å². The molecule has 8 heteroatoms. The zero-order chi connectivity index (χ0) is 13.2. The Morgan fingerprint density at radius 1 is 1.50 bits per heavy atom. The summed E-state index contributed by atoms with van der Waals surface area (Å²) in [4.78, 5) is 4.69. The molecule has 0 radical (unpaired) electrons. The third-order valence-electron chi connectivity index (χ3n) is 2.21. The van der Waals surface area contributed by atoms with Crippen LogP contribution in [0.3, 0.4) is 0 Å². The third-order valence-corrected chi connectivity index (χ3v) is 6.27. The van der Waals surface area contributed by atoms with Gasteiger partial charge < -0.3 is 5.11 Å². The van der Waals surface area contributed by atoms with E-state index in [0.717, 1.165) is 16.3 Å². The van der Waals surface area contributed by atoms with Crippen molar-refractivity contribution in [2.75, 3.05) is 0 Å². The number of aromatic nitrogens is 1. The van der Waals surface area contributed by atoms with Gasteiger partial charge in [-0.15, -0.1) is 22.7 Å². The first-order valence-electron chi connectivity index (χ1n) is 5.14. The van der Waals surface area contributed by atoms with Gasteiger partial charge in [0.1, 0.15) is 9.22 Å². The Morgan fingerprint density at radius 2 is 2.28 bits per heavy atom. The quantitative estimate of drug-likeness (QED) is 0.882. The number of thiazole rings is 1. The van der Waals surface area contributed by atoms with Gasteiger partial charge in [0.05, 0.1) is 12.6 Å². The number of nitrogens with one attached hydrogen (secondary N) is 1. The van der Waals surface area contributed by atoms with Crippen LogP contribution in [-0.2, 0) is 16.6 Å². The first kappa shape index (κ1) is 13.6. The van der Waals surface area contributed by atoms with E-state index in [9.17, 15) is 8.42 Å². The van der Waals surface area contributed by atoms with Crippen LogP contribution >= 0.6 is 22.7 Å². The fraction of sp³-hybridized carbons (Fsp3) is 0.300. The maximum absolute atomic E-state index is 12.1. The molecule has 0 aliphatic carbocycles. The van der Waals surface area contributed by atoms with Crippen LogP contribution in [0, 0.1) is 0 Å². The fourth-order valence-corrected chi connectivity index (χ4v) is 4.54. The predicted molar refractivity (Wildman–Crippen MR) is 71.1 cm³/mol. The first-order chi connectivity index (χ1) is 8.53. The van der Waals surface area contributed by atoms with E-state index in [1.54, 1.807) is 24.6 Å². The molecule has 0 aromatic carbocycles. The minimum Gasteiger partial charge on any atom is -0.391 e. The molecule has 0 bridgehead atoms. The predicted octanol–water partition coefficient (Wildman–Crippen LogP) is 1.74. The van der Waals surface area contributed by atoms with Gasteiger partial charge >= 0.3 is 0 Å². The molecule has 1 unspecified atom stereocenters. The Labute approximate surface area is 113 Å². The van der Waals surface area contributed by atoms with Gasteiger partial charge in [0.25, 0.3) is 10.0 Å². The van der Waals surface area contributed by atoms with Crippen LogP contribution < -0.4 is 4.72 Å². The van der Waals surface area contributed by atoms with Gasteiger partial charge in [0.15, 0.2) is 0 Å². The molecular formula is C10H12N2O3S3. The molecule has 0 saturated heterocycles. The molecule has 0 amide bonds. The van der Waals surface area contributed by atoms with Gasteiger partial charge in [-0.3, -0.25) is 0 Å². The number of hydrogen-bond donors (Lipinski definition) is 2. The van der Waals surface area contributed by atoms with E-state index in [1.807, 2.05) is 0 Å². The number of rotatable bonds is 5. The van der Waals surface area contributed by atoms with E-state index >= 15 is 0 Å². The van der Waals surface area contributed by atoms with Crippen molar-refractivity contribution in [2.45, 2.75) is 23.8 Å². The molecule has 0 fully saturated rings.